The number of carbonyl (C=O) groups excluding carboxylic acids is 1. The molecule has 1 saturated heterocycles. The maximum Gasteiger partial charge on any atom is 0.259 e. The van der Waals surface area contributed by atoms with Crippen molar-refractivity contribution in [2.75, 3.05) is 31.1 Å². The summed E-state index contributed by atoms with van der Waals surface area (Å²) in [5.41, 5.74) is 1.58. The minimum Gasteiger partial charge on any atom is -0.368 e. The van der Waals surface area contributed by atoms with E-state index in [-0.39, 0.29) is 11.7 Å². The van der Waals surface area contributed by atoms with Gasteiger partial charge in [-0.15, -0.1) is 0 Å². The molecule has 26 heavy (non-hydrogen) atoms. The summed E-state index contributed by atoms with van der Waals surface area (Å²) in [7, 11) is 1.83. The molecule has 6 nitrogen and oxygen atoms in total. The molecule has 0 radical (unpaired) electrons. The second-order valence-corrected chi connectivity index (χ2v) is 6.35. The molecule has 0 unspecified atom stereocenters. The monoisotopic (exact) mass is 353 g/mol. The molecule has 0 N–H and O–H groups in total. The second kappa shape index (κ2) is 6.67. The minimum atomic E-state index is -0.239. The van der Waals surface area contributed by atoms with Gasteiger partial charge in [0, 0.05) is 51.3 Å². The zero-order chi connectivity index (χ0) is 18.1. The van der Waals surface area contributed by atoms with E-state index in [1.165, 1.54) is 12.1 Å². The van der Waals surface area contributed by atoms with Crippen LogP contribution in [0.2, 0.25) is 0 Å². The number of amides is 1. The first-order chi connectivity index (χ1) is 12.6. The van der Waals surface area contributed by atoms with E-state index >= 15 is 0 Å². The predicted molar refractivity (Wildman–Crippen MR) is 97.1 cm³/mol. The number of aromatic nitrogens is 3. The lowest BCUT2D eigenvalue weighted by Gasteiger charge is -2.36. The summed E-state index contributed by atoms with van der Waals surface area (Å²) >= 11 is 0. The van der Waals surface area contributed by atoms with Crippen molar-refractivity contribution >= 4 is 11.6 Å². The van der Waals surface area contributed by atoms with Gasteiger partial charge in [0.25, 0.3) is 5.91 Å². The molecule has 0 spiro atoms. The molecule has 0 saturated carbocycles. The molecule has 134 valence electrons. The van der Waals surface area contributed by atoms with Gasteiger partial charge >= 0.3 is 0 Å². The van der Waals surface area contributed by atoms with Crippen molar-refractivity contribution in [1.82, 2.24) is 19.2 Å². The number of hydrogen-bond donors (Lipinski definition) is 0. The highest BCUT2D eigenvalue weighted by molar-refractivity contribution is 5.97. The standard InChI is InChI=1S/C19H20FN5O/c1-22-18(24-8-2-3-9-24)17(14-21-22)19(26)25-12-10-23(11-13-25)16-6-4-15(20)5-7-16/h2-9,14H,10-13H2,1H3. The Morgan fingerprint density at radius 2 is 1.69 bits per heavy atom. The van der Waals surface area contributed by atoms with Crippen LogP contribution in [0.5, 0.6) is 0 Å². The third kappa shape index (κ3) is 2.96. The number of nitrogens with zero attached hydrogens (tertiary/aromatic N) is 5. The van der Waals surface area contributed by atoms with Crippen LogP contribution in [0.4, 0.5) is 10.1 Å². The summed E-state index contributed by atoms with van der Waals surface area (Å²) in [4.78, 5) is 17.0. The average molecular weight is 353 g/mol. The van der Waals surface area contributed by atoms with Gasteiger partial charge in [-0.05, 0) is 36.4 Å². The zero-order valence-corrected chi connectivity index (χ0v) is 14.5. The number of piperazine rings is 1. The molecule has 1 aliphatic rings. The van der Waals surface area contributed by atoms with Crippen LogP contribution < -0.4 is 4.90 Å². The fraction of sp³-hybridized carbons (Fsp3) is 0.263. The summed E-state index contributed by atoms with van der Waals surface area (Å²) in [6.07, 6.45) is 5.44. The first-order valence-corrected chi connectivity index (χ1v) is 8.58. The van der Waals surface area contributed by atoms with Gasteiger partial charge in [0.1, 0.15) is 17.2 Å². The fourth-order valence-electron chi connectivity index (χ4n) is 3.35. The van der Waals surface area contributed by atoms with Crippen LogP contribution in [0.3, 0.4) is 0 Å². The molecule has 2 aromatic heterocycles. The Kier molecular flexibility index (Phi) is 4.20. The van der Waals surface area contributed by atoms with E-state index in [9.17, 15) is 9.18 Å². The molecule has 1 aliphatic heterocycles. The van der Waals surface area contributed by atoms with Gasteiger partial charge in [0.2, 0.25) is 0 Å². The topological polar surface area (TPSA) is 46.3 Å². The van der Waals surface area contributed by atoms with Gasteiger partial charge in [0.15, 0.2) is 0 Å². The van der Waals surface area contributed by atoms with E-state index in [4.69, 9.17) is 0 Å². The van der Waals surface area contributed by atoms with E-state index in [1.54, 1.807) is 23.0 Å². The number of benzene rings is 1. The lowest BCUT2D eigenvalue weighted by molar-refractivity contribution is 0.0746. The molecule has 1 amide bonds. The van der Waals surface area contributed by atoms with E-state index in [0.29, 0.717) is 18.7 Å². The van der Waals surface area contributed by atoms with Crippen LogP contribution in [0.1, 0.15) is 10.4 Å². The van der Waals surface area contributed by atoms with E-state index in [2.05, 4.69) is 10.00 Å². The molecule has 1 aromatic carbocycles. The zero-order valence-electron chi connectivity index (χ0n) is 14.5. The smallest absolute Gasteiger partial charge is 0.259 e. The predicted octanol–water partition coefficient (Wildman–Crippen LogP) is 2.31. The third-order valence-corrected chi connectivity index (χ3v) is 4.75. The molecule has 4 rings (SSSR count). The van der Waals surface area contributed by atoms with Gasteiger partial charge in [-0.1, -0.05) is 0 Å². The van der Waals surface area contributed by atoms with Gasteiger partial charge in [0.05, 0.1) is 6.20 Å². The fourth-order valence-corrected chi connectivity index (χ4v) is 3.35. The Bertz CT molecular complexity index is 893. The summed E-state index contributed by atoms with van der Waals surface area (Å²) in [5, 5.41) is 4.26. The molecule has 0 bridgehead atoms. The van der Waals surface area contributed by atoms with E-state index in [1.807, 2.05) is 41.0 Å². The van der Waals surface area contributed by atoms with Crippen molar-refractivity contribution in [2.45, 2.75) is 0 Å². The molecular weight excluding hydrogens is 333 g/mol. The van der Waals surface area contributed by atoms with Crippen LogP contribution >= 0.6 is 0 Å². The Balaban J connectivity index is 1.49. The van der Waals surface area contributed by atoms with Crippen molar-refractivity contribution in [3.63, 3.8) is 0 Å². The Labute approximate surface area is 151 Å². The maximum absolute atomic E-state index is 13.1. The molecular formula is C19H20FN5O. The van der Waals surface area contributed by atoms with E-state index < -0.39 is 0 Å². The van der Waals surface area contributed by atoms with Gasteiger partial charge in [-0.3, -0.25) is 9.48 Å². The van der Waals surface area contributed by atoms with Gasteiger partial charge in [-0.25, -0.2) is 4.39 Å². The molecule has 0 atom stereocenters. The number of rotatable bonds is 3. The first kappa shape index (κ1) is 16.4. The summed E-state index contributed by atoms with van der Waals surface area (Å²) in [5.74, 6) is 0.512. The maximum atomic E-state index is 13.1. The highest BCUT2D eigenvalue weighted by Crippen LogP contribution is 2.20. The highest BCUT2D eigenvalue weighted by atomic mass is 19.1. The Morgan fingerprint density at radius 3 is 2.35 bits per heavy atom. The normalized spacial score (nSPS) is 14.7. The Hall–Kier alpha value is -3.09. The molecule has 3 heterocycles. The number of halogens is 1. The number of aryl methyl sites for hydroxylation is 1. The van der Waals surface area contributed by atoms with Crippen molar-refractivity contribution in [2.24, 2.45) is 7.05 Å². The number of anilines is 1. The average Bonchev–Trinajstić information content (AvgIpc) is 3.31. The Morgan fingerprint density at radius 1 is 1.04 bits per heavy atom. The van der Waals surface area contributed by atoms with Crippen molar-refractivity contribution in [1.29, 1.82) is 0 Å². The SMILES string of the molecule is Cn1ncc(C(=O)N2CCN(c3ccc(F)cc3)CC2)c1-n1cccc1. The second-order valence-electron chi connectivity index (χ2n) is 6.35. The van der Waals surface area contributed by atoms with Crippen LogP contribution in [0, 0.1) is 5.82 Å². The first-order valence-electron chi connectivity index (χ1n) is 8.58. The lowest BCUT2D eigenvalue weighted by atomic mass is 10.2. The molecule has 1 fully saturated rings. The highest BCUT2D eigenvalue weighted by Gasteiger charge is 2.26. The van der Waals surface area contributed by atoms with Crippen molar-refractivity contribution in [3.05, 3.63) is 66.4 Å². The largest absolute Gasteiger partial charge is 0.368 e. The van der Waals surface area contributed by atoms with Crippen molar-refractivity contribution < 1.29 is 9.18 Å². The number of carbonyl (C=O) groups is 1. The molecule has 3 aromatic rings. The van der Waals surface area contributed by atoms with Crippen LogP contribution in [-0.2, 0) is 7.05 Å². The van der Waals surface area contributed by atoms with Gasteiger partial charge < -0.3 is 14.4 Å². The van der Waals surface area contributed by atoms with Crippen LogP contribution in [0.25, 0.3) is 5.82 Å². The lowest BCUT2D eigenvalue weighted by Crippen LogP contribution is -2.48. The number of hydrogen-bond acceptors (Lipinski definition) is 3. The third-order valence-electron chi connectivity index (χ3n) is 4.75. The van der Waals surface area contributed by atoms with E-state index in [0.717, 1.165) is 24.6 Å². The summed E-state index contributed by atoms with van der Waals surface area (Å²) in [6.45, 7) is 2.68. The molecule has 0 aliphatic carbocycles. The molecule has 7 heteroatoms. The van der Waals surface area contributed by atoms with Gasteiger partial charge in [-0.2, -0.15) is 5.10 Å². The summed E-state index contributed by atoms with van der Waals surface area (Å²) in [6, 6.07) is 10.3. The van der Waals surface area contributed by atoms with Crippen LogP contribution in [0.15, 0.2) is 55.0 Å². The quantitative estimate of drug-likeness (QED) is 0.726. The minimum absolute atomic E-state index is 0.0134. The summed E-state index contributed by atoms with van der Waals surface area (Å²) < 4.78 is 16.7. The van der Waals surface area contributed by atoms with Crippen LogP contribution in [-0.4, -0.2) is 51.3 Å². The van der Waals surface area contributed by atoms with Crippen molar-refractivity contribution in [3.8, 4) is 5.82 Å².